The number of methoxy groups -OCH3 is 1. The van der Waals surface area contributed by atoms with Crippen molar-refractivity contribution in [2.75, 3.05) is 31.6 Å². The molecule has 1 amide bonds. The molecule has 3 aliphatic rings. The van der Waals surface area contributed by atoms with Crippen LogP contribution in [0.15, 0.2) is 46.5 Å². The molecular formula is C29H36N8O5S. The summed E-state index contributed by atoms with van der Waals surface area (Å²) in [4.78, 5) is 31.5. The summed E-state index contributed by atoms with van der Waals surface area (Å²) in [5, 5.41) is 9.07. The van der Waals surface area contributed by atoms with E-state index in [-0.39, 0.29) is 34.3 Å². The standard InChI is InChI=1S/C29H36N8O5S/c1-19-16-34(11-12-35(19)27(39)29(42-4)8-9-29)23-14-21(43(40,41)32-28(2)6-7-28)13-22-25(23)37-24(5-10-30-37)36(26(22)38)18-20-15-31-33(3)17-20/h5,10,13-15,17,19,32H,6-9,11-12,16,18H2,1-4H3/t19-/m1/s1. The smallest absolute Gasteiger partial charge is 0.262 e. The minimum atomic E-state index is -3.93. The molecule has 3 fully saturated rings. The van der Waals surface area contributed by atoms with Crippen molar-refractivity contribution in [1.29, 1.82) is 0 Å². The molecule has 228 valence electrons. The normalized spacial score (nSPS) is 21.1. The van der Waals surface area contributed by atoms with Crippen LogP contribution >= 0.6 is 0 Å². The van der Waals surface area contributed by atoms with Gasteiger partial charge in [0.25, 0.3) is 11.5 Å². The van der Waals surface area contributed by atoms with E-state index in [2.05, 4.69) is 19.8 Å². The lowest BCUT2D eigenvalue weighted by Gasteiger charge is -2.42. The number of nitrogens with one attached hydrogen (secondary N) is 1. The number of anilines is 1. The molecule has 2 saturated carbocycles. The highest BCUT2D eigenvalue weighted by Crippen LogP contribution is 2.42. The summed E-state index contributed by atoms with van der Waals surface area (Å²) in [6.07, 6.45) is 8.13. The summed E-state index contributed by atoms with van der Waals surface area (Å²) in [7, 11) is -0.543. The van der Waals surface area contributed by atoms with Crippen molar-refractivity contribution in [1.82, 2.24) is 33.6 Å². The van der Waals surface area contributed by atoms with Crippen LogP contribution in [0.3, 0.4) is 0 Å². The zero-order valence-electron chi connectivity index (χ0n) is 24.8. The van der Waals surface area contributed by atoms with Crippen LogP contribution in [0.25, 0.3) is 16.6 Å². The van der Waals surface area contributed by atoms with E-state index in [1.165, 1.54) is 6.07 Å². The molecule has 14 heteroatoms. The summed E-state index contributed by atoms with van der Waals surface area (Å²) in [6, 6.07) is 4.73. The summed E-state index contributed by atoms with van der Waals surface area (Å²) < 4.78 is 40.7. The number of benzene rings is 1. The molecule has 4 aromatic rings. The Labute approximate surface area is 249 Å². The van der Waals surface area contributed by atoms with E-state index in [0.717, 1.165) is 18.4 Å². The van der Waals surface area contributed by atoms with Crippen molar-refractivity contribution in [3.63, 3.8) is 0 Å². The number of hydrogen-bond donors (Lipinski definition) is 1. The number of sulfonamides is 1. The van der Waals surface area contributed by atoms with Gasteiger partial charge >= 0.3 is 0 Å². The van der Waals surface area contributed by atoms with E-state index >= 15 is 0 Å². The molecule has 0 unspecified atom stereocenters. The molecule has 0 bridgehead atoms. The van der Waals surface area contributed by atoms with Crippen LogP contribution in [0.4, 0.5) is 5.69 Å². The van der Waals surface area contributed by atoms with Crippen molar-refractivity contribution >= 4 is 38.2 Å². The number of hydrogen-bond acceptors (Lipinski definition) is 8. The molecule has 7 rings (SSSR count). The lowest BCUT2D eigenvalue weighted by atomic mass is 10.1. The van der Waals surface area contributed by atoms with Crippen molar-refractivity contribution in [3.05, 3.63) is 52.7 Å². The molecule has 1 saturated heterocycles. The van der Waals surface area contributed by atoms with Crippen LogP contribution in [-0.2, 0) is 33.1 Å². The first-order chi connectivity index (χ1) is 20.4. The molecule has 2 aliphatic carbocycles. The van der Waals surface area contributed by atoms with Gasteiger partial charge in [-0.05, 0) is 51.7 Å². The van der Waals surface area contributed by atoms with Gasteiger partial charge in [-0.15, -0.1) is 0 Å². The number of aryl methyl sites for hydroxylation is 1. The molecule has 3 aromatic heterocycles. The average Bonchev–Trinajstić information content (AvgIpc) is 3.81. The van der Waals surface area contributed by atoms with Gasteiger partial charge in [-0.1, -0.05) is 0 Å². The average molecular weight is 609 g/mol. The maximum atomic E-state index is 14.2. The molecule has 43 heavy (non-hydrogen) atoms. The Balaban J connectivity index is 1.37. The Morgan fingerprint density at radius 1 is 1.16 bits per heavy atom. The molecule has 1 atom stereocenters. The van der Waals surface area contributed by atoms with Gasteiger partial charge in [0.15, 0.2) is 0 Å². The van der Waals surface area contributed by atoms with E-state index in [1.54, 1.807) is 45.4 Å². The Morgan fingerprint density at radius 3 is 2.56 bits per heavy atom. The van der Waals surface area contributed by atoms with Gasteiger partial charge in [0.05, 0.1) is 34.9 Å². The Kier molecular flexibility index (Phi) is 6.28. The van der Waals surface area contributed by atoms with E-state index in [9.17, 15) is 18.0 Å². The predicted octanol–water partition coefficient (Wildman–Crippen LogP) is 1.48. The highest BCUT2D eigenvalue weighted by molar-refractivity contribution is 7.89. The van der Waals surface area contributed by atoms with Gasteiger partial charge in [0.2, 0.25) is 10.0 Å². The summed E-state index contributed by atoms with van der Waals surface area (Å²) in [5.41, 5.74) is 1.01. The zero-order chi connectivity index (χ0) is 30.3. The highest BCUT2D eigenvalue weighted by Gasteiger charge is 2.53. The zero-order valence-corrected chi connectivity index (χ0v) is 25.6. The van der Waals surface area contributed by atoms with Crippen molar-refractivity contribution in [2.45, 2.75) is 68.2 Å². The third-order valence-electron chi connectivity index (χ3n) is 9.15. The monoisotopic (exact) mass is 608 g/mol. The van der Waals surface area contributed by atoms with Crippen molar-refractivity contribution in [3.8, 4) is 0 Å². The van der Waals surface area contributed by atoms with Crippen LogP contribution in [0.2, 0.25) is 0 Å². The van der Waals surface area contributed by atoms with Gasteiger partial charge < -0.3 is 14.5 Å². The first-order valence-corrected chi connectivity index (χ1v) is 16.1. The van der Waals surface area contributed by atoms with Crippen molar-refractivity contribution < 1.29 is 17.9 Å². The van der Waals surface area contributed by atoms with Crippen LogP contribution in [0.5, 0.6) is 0 Å². The van der Waals surface area contributed by atoms with Crippen LogP contribution in [0.1, 0.15) is 45.1 Å². The number of aromatic nitrogens is 5. The van der Waals surface area contributed by atoms with Crippen LogP contribution in [-0.4, -0.2) is 87.1 Å². The molecule has 4 heterocycles. The van der Waals surface area contributed by atoms with E-state index in [4.69, 9.17) is 4.74 Å². The lowest BCUT2D eigenvalue weighted by Crippen LogP contribution is -2.57. The Morgan fingerprint density at radius 2 is 1.93 bits per heavy atom. The molecule has 0 radical (unpaired) electrons. The summed E-state index contributed by atoms with van der Waals surface area (Å²) in [5.74, 6) is -0.00188. The van der Waals surface area contributed by atoms with E-state index in [0.29, 0.717) is 49.3 Å². The van der Waals surface area contributed by atoms with Crippen LogP contribution in [0, 0.1) is 0 Å². The topological polar surface area (TPSA) is 136 Å². The lowest BCUT2D eigenvalue weighted by molar-refractivity contribution is -0.147. The number of nitrogens with zero attached hydrogens (tertiary/aromatic N) is 7. The van der Waals surface area contributed by atoms with Gasteiger partial charge in [-0.3, -0.25) is 18.8 Å². The quantitative estimate of drug-likeness (QED) is 0.318. The highest BCUT2D eigenvalue weighted by atomic mass is 32.2. The maximum absolute atomic E-state index is 14.2. The number of ether oxygens (including phenoxy) is 1. The number of rotatable bonds is 8. The summed E-state index contributed by atoms with van der Waals surface area (Å²) >= 11 is 0. The second-order valence-corrected chi connectivity index (χ2v) is 14.2. The second-order valence-electron chi connectivity index (χ2n) is 12.5. The fourth-order valence-electron chi connectivity index (χ4n) is 6.22. The largest absolute Gasteiger partial charge is 0.368 e. The predicted molar refractivity (Wildman–Crippen MR) is 160 cm³/mol. The van der Waals surface area contributed by atoms with Gasteiger partial charge in [-0.25, -0.2) is 17.7 Å². The molecular weight excluding hydrogens is 572 g/mol. The number of amides is 1. The number of carbonyl (C=O) groups excluding carboxylic acids is 1. The molecule has 13 nitrogen and oxygen atoms in total. The number of fused-ring (bicyclic) bond motifs is 3. The molecule has 0 spiro atoms. The first-order valence-electron chi connectivity index (χ1n) is 14.6. The number of piperazine rings is 1. The molecule has 1 aromatic carbocycles. The van der Waals surface area contributed by atoms with Gasteiger partial charge in [0.1, 0.15) is 16.8 Å². The minimum absolute atomic E-state index is 0.00188. The van der Waals surface area contributed by atoms with E-state index in [1.807, 2.05) is 32.0 Å². The maximum Gasteiger partial charge on any atom is 0.262 e. The van der Waals surface area contributed by atoms with Gasteiger partial charge in [-0.2, -0.15) is 10.2 Å². The second kappa shape index (κ2) is 9.63. The Bertz CT molecular complexity index is 1930. The Hall–Kier alpha value is -3.75. The number of carbonyl (C=O) groups is 1. The summed E-state index contributed by atoms with van der Waals surface area (Å²) in [6.45, 7) is 5.47. The SMILES string of the molecule is COC1(C(=O)N2CCN(c3cc(S(=O)(=O)NC4(C)CC4)cc4c(=O)n(Cc5cnn(C)c5)c5ccnn5c34)C[C@H]2C)CC1. The first kappa shape index (κ1) is 28.0. The van der Waals surface area contributed by atoms with Crippen molar-refractivity contribution in [2.24, 2.45) is 7.05 Å². The van der Waals surface area contributed by atoms with Gasteiger partial charge in [0, 0.05) is 63.2 Å². The third-order valence-corrected chi connectivity index (χ3v) is 10.8. The molecule has 1 aliphatic heterocycles. The van der Waals surface area contributed by atoms with Crippen LogP contribution < -0.4 is 15.2 Å². The van der Waals surface area contributed by atoms with E-state index < -0.39 is 21.2 Å². The fourth-order valence-corrected chi connectivity index (χ4v) is 7.73. The fraction of sp³-hybridized carbons (Fsp3) is 0.517. The third kappa shape index (κ3) is 4.71. The molecule has 1 N–H and O–H groups in total. The minimum Gasteiger partial charge on any atom is -0.368 e.